The van der Waals surface area contributed by atoms with Gasteiger partial charge in [-0.25, -0.2) is 23.1 Å². The number of pyridine rings is 2. The average molecular weight is 422 g/mol. The molecule has 2 heterocycles. The van der Waals surface area contributed by atoms with Crippen LogP contribution in [0.4, 0.5) is 13.2 Å². The van der Waals surface area contributed by atoms with Crippen molar-refractivity contribution in [2.24, 2.45) is 0 Å². The predicted octanol–water partition coefficient (Wildman–Crippen LogP) is 5.73. The SMILES string of the molecule is CC(F)(c1cccc(-c2cc(F)ccc2O)n1)c1cccc(-c2cc(F)ccc2O)n1. The summed E-state index contributed by atoms with van der Waals surface area (Å²) >= 11 is 0. The minimum atomic E-state index is -2.17. The maximum absolute atomic E-state index is 15.9. The Labute approximate surface area is 176 Å². The second-order valence-electron chi connectivity index (χ2n) is 7.14. The van der Waals surface area contributed by atoms with E-state index >= 15 is 4.39 Å². The molecule has 4 rings (SSSR count). The number of nitrogens with zero attached hydrogens (tertiary/aromatic N) is 2. The van der Waals surface area contributed by atoms with Crippen LogP contribution in [-0.2, 0) is 5.67 Å². The molecule has 7 heteroatoms. The molecule has 2 N–H and O–H groups in total. The van der Waals surface area contributed by atoms with Crippen LogP contribution in [0.2, 0.25) is 0 Å². The summed E-state index contributed by atoms with van der Waals surface area (Å²) in [7, 11) is 0. The van der Waals surface area contributed by atoms with Gasteiger partial charge in [-0.2, -0.15) is 0 Å². The molecule has 0 aliphatic heterocycles. The number of phenolic OH excluding ortho intramolecular Hbond substituents is 2. The Morgan fingerprint density at radius 3 is 1.52 bits per heavy atom. The standard InChI is InChI=1S/C24H17F3N2O2/c1-24(27,22-6-2-4-18(28-22)16-12-14(25)8-10-20(16)30)23-7-3-5-19(29-23)17-13-15(26)9-11-21(17)31/h2-13,30-31H,1H3. The number of hydrogen-bond acceptors (Lipinski definition) is 4. The zero-order chi connectivity index (χ0) is 22.2. The summed E-state index contributed by atoms with van der Waals surface area (Å²) in [5.41, 5.74) is -1.55. The van der Waals surface area contributed by atoms with Crippen molar-refractivity contribution in [3.8, 4) is 34.0 Å². The van der Waals surface area contributed by atoms with Crippen molar-refractivity contribution < 1.29 is 23.4 Å². The first-order valence-corrected chi connectivity index (χ1v) is 9.37. The molecule has 4 nitrogen and oxygen atoms in total. The Morgan fingerprint density at radius 1 is 0.677 bits per heavy atom. The molecule has 0 radical (unpaired) electrons. The van der Waals surface area contributed by atoms with E-state index in [0.717, 1.165) is 24.3 Å². The zero-order valence-corrected chi connectivity index (χ0v) is 16.4. The summed E-state index contributed by atoms with van der Waals surface area (Å²) in [6.45, 7) is 1.27. The molecule has 156 valence electrons. The van der Waals surface area contributed by atoms with Gasteiger partial charge in [-0.1, -0.05) is 12.1 Å². The highest BCUT2D eigenvalue weighted by Gasteiger charge is 2.32. The Morgan fingerprint density at radius 2 is 1.10 bits per heavy atom. The highest BCUT2D eigenvalue weighted by Crippen LogP contribution is 2.36. The lowest BCUT2D eigenvalue weighted by molar-refractivity contribution is 0.237. The predicted molar refractivity (Wildman–Crippen MR) is 110 cm³/mol. The Balaban J connectivity index is 1.77. The Bertz CT molecular complexity index is 1180. The lowest BCUT2D eigenvalue weighted by Crippen LogP contribution is -2.21. The van der Waals surface area contributed by atoms with Gasteiger partial charge < -0.3 is 10.2 Å². The van der Waals surface area contributed by atoms with Gasteiger partial charge in [0.1, 0.15) is 23.1 Å². The van der Waals surface area contributed by atoms with Crippen LogP contribution >= 0.6 is 0 Å². The molecule has 0 spiro atoms. The molecule has 0 fully saturated rings. The number of aromatic hydroxyl groups is 2. The van der Waals surface area contributed by atoms with E-state index in [4.69, 9.17) is 0 Å². The van der Waals surface area contributed by atoms with Crippen molar-refractivity contribution >= 4 is 0 Å². The fourth-order valence-electron chi connectivity index (χ4n) is 3.25. The van der Waals surface area contributed by atoms with E-state index in [1.165, 1.54) is 43.3 Å². The first kappa shape index (κ1) is 20.4. The maximum atomic E-state index is 15.9. The van der Waals surface area contributed by atoms with Crippen LogP contribution in [0.3, 0.4) is 0 Å². The van der Waals surface area contributed by atoms with Crippen LogP contribution in [-0.4, -0.2) is 20.2 Å². The van der Waals surface area contributed by atoms with E-state index < -0.39 is 17.3 Å². The quantitative estimate of drug-likeness (QED) is 0.441. The van der Waals surface area contributed by atoms with Gasteiger partial charge in [0.05, 0.1) is 22.8 Å². The topological polar surface area (TPSA) is 66.2 Å². The van der Waals surface area contributed by atoms with Crippen LogP contribution in [0.5, 0.6) is 11.5 Å². The Kier molecular flexibility index (Phi) is 5.10. The van der Waals surface area contributed by atoms with Crippen molar-refractivity contribution in [1.82, 2.24) is 9.97 Å². The summed E-state index contributed by atoms with van der Waals surface area (Å²) < 4.78 is 43.2. The van der Waals surface area contributed by atoms with E-state index in [-0.39, 0.29) is 45.4 Å². The van der Waals surface area contributed by atoms with Crippen LogP contribution in [0.1, 0.15) is 18.3 Å². The summed E-state index contributed by atoms with van der Waals surface area (Å²) in [4.78, 5) is 8.55. The molecule has 2 aromatic carbocycles. The van der Waals surface area contributed by atoms with Crippen molar-refractivity contribution in [3.05, 3.63) is 95.8 Å². The van der Waals surface area contributed by atoms with Gasteiger partial charge >= 0.3 is 0 Å². The normalized spacial score (nSPS) is 11.5. The molecule has 0 unspecified atom stereocenters. The largest absolute Gasteiger partial charge is 0.507 e. The highest BCUT2D eigenvalue weighted by atomic mass is 19.1. The van der Waals surface area contributed by atoms with Crippen LogP contribution in [0.15, 0.2) is 72.8 Å². The number of hydrogen-bond donors (Lipinski definition) is 2. The number of alkyl halides is 1. The molecule has 0 aliphatic carbocycles. The summed E-state index contributed by atoms with van der Waals surface area (Å²) in [5.74, 6) is -1.50. The summed E-state index contributed by atoms with van der Waals surface area (Å²) in [6, 6.07) is 15.9. The second kappa shape index (κ2) is 7.75. The molecule has 0 saturated heterocycles. The fourth-order valence-corrected chi connectivity index (χ4v) is 3.25. The van der Waals surface area contributed by atoms with Crippen molar-refractivity contribution in [3.63, 3.8) is 0 Å². The third-order valence-electron chi connectivity index (χ3n) is 4.93. The highest BCUT2D eigenvalue weighted by molar-refractivity contribution is 5.68. The molecule has 0 aliphatic rings. The first-order valence-electron chi connectivity index (χ1n) is 9.37. The number of aromatic nitrogens is 2. The summed E-state index contributed by atoms with van der Waals surface area (Å²) in [5, 5.41) is 20.1. The van der Waals surface area contributed by atoms with E-state index in [2.05, 4.69) is 9.97 Å². The third-order valence-corrected chi connectivity index (χ3v) is 4.93. The number of halogens is 3. The molecule has 0 amide bonds. The lowest BCUT2D eigenvalue weighted by atomic mass is 9.97. The minimum Gasteiger partial charge on any atom is -0.507 e. The van der Waals surface area contributed by atoms with Gasteiger partial charge in [0.15, 0.2) is 5.67 Å². The number of phenols is 2. The molecule has 2 aromatic heterocycles. The average Bonchev–Trinajstić information content (AvgIpc) is 2.77. The number of benzene rings is 2. The molecule has 31 heavy (non-hydrogen) atoms. The van der Waals surface area contributed by atoms with Crippen molar-refractivity contribution in [2.45, 2.75) is 12.6 Å². The molecular formula is C24H17F3N2O2. The second-order valence-corrected chi connectivity index (χ2v) is 7.14. The zero-order valence-electron chi connectivity index (χ0n) is 16.4. The Hall–Kier alpha value is -3.87. The smallest absolute Gasteiger partial charge is 0.191 e. The lowest BCUT2D eigenvalue weighted by Gasteiger charge is -2.21. The third kappa shape index (κ3) is 3.94. The van der Waals surface area contributed by atoms with Crippen LogP contribution in [0.25, 0.3) is 22.5 Å². The summed E-state index contributed by atoms with van der Waals surface area (Å²) in [6.07, 6.45) is 0. The van der Waals surface area contributed by atoms with E-state index in [9.17, 15) is 19.0 Å². The van der Waals surface area contributed by atoms with Crippen molar-refractivity contribution in [1.29, 1.82) is 0 Å². The molecule has 4 aromatic rings. The minimum absolute atomic E-state index is 0.0122. The fraction of sp³-hybridized carbons (Fsp3) is 0.0833. The van der Waals surface area contributed by atoms with Gasteiger partial charge in [-0.15, -0.1) is 0 Å². The first-order chi connectivity index (χ1) is 14.8. The maximum Gasteiger partial charge on any atom is 0.191 e. The van der Waals surface area contributed by atoms with Gasteiger partial charge in [0.2, 0.25) is 0 Å². The molecule has 0 saturated carbocycles. The number of rotatable bonds is 4. The van der Waals surface area contributed by atoms with E-state index in [0.29, 0.717) is 0 Å². The monoisotopic (exact) mass is 422 g/mol. The van der Waals surface area contributed by atoms with Crippen LogP contribution < -0.4 is 0 Å². The van der Waals surface area contributed by atoms with Gasteiger partial charge in [0.25, 0.3) is 0 Å². The van der Waals surface area contributed by atoms with Gasteiger partial charge in [-0.3, -0.25) is 0 Å². The molecule has 0 bridgehead atoms. The van der Waals surface area contributed by atoms with Crippen LogP contribution in [0, 0.1) is 11.6 Å². The van der Waals surface area contributed by atoms with Crippen molar-refractivity contribution in [2.75, 3.05) is 0 Å². The van der Waals surface area contributed by atoms with E-state index in [1.54, 1.807) is 12.1 Å². The van der Waals surface area contributed by atoms with Gasteiger partial charge in [-0.05, 0) is 67.6 Å². The molecular weight excluding hydrogens is 405 g/mol. The van der Waals surface area contributed by atoms with Gasteiger partial charge in [0, 0.05) is 11.1 Å². The van der Waals surface area contributed by atoms with E-state index in [1.807, 2.05) is 0 Å². The molecule has 0 atom stereocenters.